The molecule has 2 atom stereocenters. The van der Waals surface area contributed by atoms with Crippen molar-refractivity contribution in [3.8, 4) is 5.75 Å². The fraction of sp³-hybridized carbons (Fsp3) is 0.294. The zero-order valence-electron chi connectivity index (χ0n) is 12.1. The van der Waals surface area contributed by atoms with Crippen LogP contribution < -0.4 is 10.1 Å². The van der Waals surface area contributed by atoms with E-state index < -0.39 is 0 Å². The number of methoxy groups -OCH3 is 1. The largest absolute Gasteiger partial charge is 0.497 e. The number of hydrogen-bond donors (Lipinski definition) is 1. The Morgan fingerprint density at radius 2 is 1.30 bits per heavy atom. The highest BCUT2D eigenvalue weighted by Crippen LogP contribution is 2.22. The second-order valence-electron chi connectivity index (χ2n) is 4.93. The Morgan fingerprint density at radius 1 is 0.850 bits per heavy atom. The monoisotopic (exact) mass is 333 g/mol. The van der Waals surface area contributed by atoms with Gasteiger partial charge >= 0.3 is 0 Å². The molecular formula is C17H20BrNO. The summed E-state index contributed by atoms with van der Waals surface area (Å²) in [4.78, 5) is 0. The summed E-state index contributed by atoms with van der Waals surface area (Å²) in [5.41, 5.74) is 2.54. The van der Waals surface area contributed by atoms with Gasteiger partial charge in [-0.1, -0.05) is 40.2 Å². The lowest BCUT2D eigenvalue weighted by Gasteiger charge is -2.21. The molecule has 0 spiro atoms. The van der Waals surface area contributed by atoms with Gasteiger partial charge in [-0.15, -0.1) is 0 Å². The quantitative estimate of drug-likeness (QED) is 0.842. The number of ether oxygens (including phenoxy) is 1. The normalized spacial score (nSPS) is 13.8. The Morgan fingerprint density at radius 3 is 1.75 bits per heavy atom. The van der Waals surface area contributed by atoms with Gasteiger partial charge < -0.3 is 10.1 Å². The van der Waals surface area contributed by atoms with Crippen LogP contribution in [-0.4, -0.2) is 7.11 Å². The maximum absolute atomic E-state index is 5.19. The molecule has 1 N–H and O–H groups in total. The van der Waals surface area contributed by atoms with Crippen LogP contribution in [-0.2, 0) is 0 Å². The molecule has 0 saturated carbocycles. The molecule has 0 aliphatic rings. The summed E-state index contributed by atoms with van der Waals surface area (Å²) in [6.45, 7) is 4.36. The standard InChI is InChI=1S/C17H20BrNO/c1-12(14-4-8-16(18)9-5-14)19-13(2)15-6-10-17(20-3)11-7-15/h4-13,19H,1-3H3/t12?,13-/m1/s1. The number of halogens is 1. The summed E-state index contributed by atoms with van der Waals surface area (Å²) in [5.74, 6) is 0.891. The molecule has 0 aromatic heterocycles. The number of hydrogen-bond acceptors (Lipinski definition) is 2. The molecule has 3 heteroatoms. The van der Waals surface area contributed by atoms with Gasteiger partial charge in [-0.05, 0) is 49.2 Å². The lowest BCUT2D eigenvalue weighted by molar-refractivity contribution is 0.414. The average Bonchev–Trinajstić information content (AvgIpc) is 2.48. The van der Waals surface area contributed by atoms with E-state index in [1.54, 1.807) is 7.11 Å². The fourth-order valence-corrected chi connectivity index (χ4v) is 2.48. The predicted octanol–water partition coefficient (Wildman–Crippen LogP) is 4.87. The second kappa shape index (κ2) is 6.91. The molecular weight excluding hydrogens is 314 g/mol. The predicted molar refractivity (Wildman–Crippen MR) is 87.1 cm³/mol. The van der Waals surface area contributed by atoms with Gasteiger partial charge in [0, 0.05) is 16.6 Å². The fourth-order valence-electron chi connectivity index (χ4n) is 2.21. The van der Waals surface area contributed by atoms with Gasteiger partial charge in [0.25, 0.3) is 0 Å². The molecule has 2 nitrogen and oxygen atoms in total. The van der Waals surface area contributed by atoms with Crippen molar-refractivity contribution >= 4 is 15.9 Å². The molecule has 0 bridgehead atoms. The molecule has 2 aromatic rings. The van der Waals surface area contributed by atoms with Crippen LogP contribution in [0.25, 0.3) is 0 Å². The van der Waals surface area contributed by atoms with Crippen molar-refractivity contribution in [3.05, 3.63) is 64.1 Å². The van der Waals surface area contributed by atoms with E-state index in [9.17, 15) is 0 Å². The highest BCUT2D eigenvalue weighted by atomic mass is 79.9. The highest BCUT2D eigenvalue weighted by molar-refractivity contribution is 9.10. The van der Waals surface area contributed by atoms with Crippen LogP contribution in [0.4, 0.5) is 0 Å². The van der Waals surface area contributed by atoms with Gasteiger partial charge in [0.15, 0.2) is 0 Å². The smallest absolute Gasteiger partial charge is 0.118 e. The van der Waals surface area contributed by atoms with E-state index in [2.05, 4.69) is 71.5 Å². The maximum atomic E-state index is 5.19. The number of benzene rings is 2. The molecule has 2 rings (SSSR count). The van der Waals surface area contributed by atoms with Crippen molar-refractivity contribution in [2.45, 2.75) is 25.9 Å². The lowest BCUT2D eigenvalue weighted by Crippen LogP contribution is -2.22. The molecule has 0 radical (unpaired) electrons. The Hall–Kier alpha value is -1.32. The van der Waals surface area contributed by atoms with Gasteiger partial charge in [0.1, 0.15) is 5.75 Å². The minimum Gasteiger partial charge on any atom is -0.497 e. The first kappa shape index (κ1) is 15.1. The van der Waals surface area contributed by atoms with Gasteiger partial charge in [-0.2, -0.15) is 0 Å². The van der Waals surface area contributed by atoms with Crippen LogP contribution in [0.15, 0.2) is 53.0 Å². The molecule has 0 saturated heterocycles. The molecule has 106 valence electrons. The summed E-state index contributed by atoms with van der Waals surface area (Å²) in [6.07, 6.45) is 0. The summed E-state index contributed by atoms with van der Waals surface area (Å²) >= 11 is 3.46. The molecule has 2 aromatic carbocycles. The second-order valence-corrected chi connectivity index (χ2v) is 5.85. The van der Waals surface area contributed by atoms with E-state index in [4.69, 9.17) is 4.74 Å². The Kier molecular flexibility index (Phi) is 5.21. The van der Waals surface area contributed by atoms with Crippen molar-refractivity contribution in [2.24, 2.45) is 0 Å². The van der Waals surface area contributed by atoms with Gasteiger partial charge in [0.05, 0.1) is 7.11 Å². The first-order valence-corrected chi connectivity index (χ1v) is 7.55. The van der Waals surface area contributed by atoms with Crippen LogP contribution in [0.5, 0.6) is 5.75 Å². The van der Waals surface area contributed by atoms with E-state index in [-0.39, 0.29) is 0 Å². The van der Waals surface area contributed by atoms with Crippen LogP contribution in [0.1, 0.15) is 37.1 Å². The zero-order valence-corrected chi connectivity index (χ0v) is 13.6. The van der Waals surface area contributed by atoms with Crippen molar-refractivity contribution in [1.29, 1.82) is 0 Å². The zero-order chi connectivity index (χ0) is 14.5. The van der Waals surface area contributed by atoms with Crippen molar-refractivity contribution < 1.29 is 4.74 Å². The van der Waals surface area contributed by atoms with Crippen molar-refractivity contribution in [1.82, 2.24) is 5.32 Å². The SMILES string of the molecule is COc1ccc([C@@H](C)NC(C)c2ccc(Br)cc2)cc1. The lowest BCUT2D eigenvalue weighted by atomic mass is 10.0. The van der Waals surface area contributed by atoms with E-state index >= 15 is 0 Å². The average molecular weight is 334 g/mol. The summed E-state index contributed by atoms with van der Waals surface area (Å²) in [5, 5.41) is 3.61. The van der Waals surface area contributed by atoms with Gasteiger partial charge in [-0.3, -0.25) is 0 Å². The van der Waals surface area contributed by atoms with Crippen LogP contribution in [0.3, 0.4) is 0 Å². The topological polar surface area (TPSA) is 21.3 Å². The van der Waals surface area contributed by atoms with E-state index in [0.29, 0.717) is 12.1 Å². The first-order valence-electron chi connectivity index (χ1n) is 6.75. The van der Waals surface area contributed by atoms with E-state index in [1.165, 1.54) is 11.1 Å². The molecule has 0 fully saturated rings. The van der Waals surface area contributed by atoms with Crippen LogP contribution in [0, 0.1) is 0 Å². The maximum Gasteiger partial charge on any atom is 0.118 e. The molecule has 20 heavy (non-hydrogen) atoms. The highest BCUT2D eigenvalue weighted by Gasteiger charge is 2.11. The molecule has 0 amide bonds. The Labute approximate surface area is 129 Å². The summed E-state index contributed by atoms with van der Waals surface area (Å²) in [7, 11) is 1.69. The number of rotatable bonds is 5. The third-order valence-electron chi connectivity index (χ3n) is 3.49. The van der Waals surface area contributed by atoms with Crippen molar-refractivity contribution in [3.63, 3.8) is 0 Å². The molecule has 0 aliphatic carbocycles. The number of nitrogens with one attached hydrogen (secondary N) is 1. The third-order valence-corrected chi connectivity index (χ3v) is 4.01. The Balaban J connectivity index is 2.02. The van der Waals surface area contributed by atoms with E-state index in [0.717, 1.165) is 10.2 Å². The van der Waals surface area contributed by atoms with Crippen LogP contribution in [0.2, 0.25) is 0 Å². The van der Waals surface area contributed by atoms with Crippen molar-refractivity contribution in [2.75, 3.05) is 7.11 Å². The summed E-state index contributed by atoms with van der Waals surface area (Å²) < 4.78 is 6.29. The molecule has 0 aliphatic heterocycles. The van der Waals surface area contributed by atoms with E-state index in [1.807, 2.05) is 12.1 Å². The first-order chi connectivity index (χ1) is 9.60. The van der Waals surface area contributed by atoms with Gasteiger partial charge in [-0.25, -0.2) is 0 Å². The van der Waals surface area contributed by atoms with Crippen LogP contribution >= 0.6 is 15.9 Å². The minimum absolute atomic E-state index is 0.291. The van der Waals surface area contributed by atoms with Gasteiger partial charge in [0.2, 0.25) is 0 Å². The molecule has 0 heterocycles. The molecule has 1 unspecified atom stereocenters. The summed E-state index contributed by atoms with van der Waals surface area (Å²) in [6, 6.07) is 17.2. The minimum atomic E-state index is 0.291. The third kappa shape index (κ3) is 3.84. The Bertz CT molecular complexity index is 536.